The van der Waals surface area contributed by atoms with Crippen molar-refractivity contribution < 1.29 is 19.1 Å². The fraction of sp³-hybridized carbons (Fsp3) is 0.636. The van der Waals surface area contributed by atoms with Crippen molar-refractivity contribution in [1.29, 1.82) is 0 Å². The Morgan fingerprint density at radius 3 is 2.94 bits per heavy atom. The van der Waals surface area contributed by atoms with Gasteiger partial charge in [-0.1, -0.05) is 0 Å². The molecule has 0 aliphatic carbocycles. The molecule has 1 atom stereocenters. The molecule has 0 amide bonds. The van der Waals surface area contributed by atoms with Gasteiger partial charge in [-0.3, -0.25) is 4.79 Å². The van der Waals surface area contributed by atoms with Crippen LogP contribution in [0.1, 0.15) is 30.7 Å². The van der Waals surface area contributed by atoms with Gasteiger partial charge in [0.05, 0.1) is 17.7 Å². The number of aliphatic carboxylic acids is 1. The SMILES string of the molecule is Cc1nc(C2(C)CCOC2)oc1CC(=O)O. The van der Waals surface area contributed by atoms with E-state index in [1.165, 1.54) is 0 Å². The third-order valence-corrected chi connectivity index (χ3v) is 2.94. The predicted molar refractivity (Wildman–Crippen MR) is 55.4 cm³/mol. The molecule has 0 aromatic carbocycles. The Labute approximate surface area is 93.4 Å². The molecule has 5 heteroatoms. The van der Waals surface area contributed by atoms with E-state index in [0.717, 1.165) is 6.42 Å². The average Bonchev–Trinajstić information content (AvgIpc) is 2.75. The topological polar surface area (TPSA) is 72.6 Å². The summed E-state index contributed by atoms with van der Waals surface area (Å²) in [6.07, 6.45) is 0.745. The molecule has 1 aromatic heterocycles. The quantitative estimate of drug-likeness (QED) is 0.839. The summed E-state index contributed by atoms with van der Waals surface area (Å²) in [5, 5.41) is 8.72. The van der Waals surface area contributed by atoms with E-state index in [1.54, 1.807) is 6.92 Å². The van der Waals surface area contributed by atoms with Crippen LogP contribution in [0, 0.1) is 6.92 Å². The second-order valence-electron chi connectivity index (χ2n) is 4.46. The summed E-state index contributed by atoms with van der Waals surface area (Å²) in [5.41, 5.74) is 0.451. The Morgan fingerprint density at radius 1 is 1.62 bits per heavy atom. The Morgan fingerprint density at radius 2 is 2.38 bits per heavy atom. The second kappa shape index (κ2) is 3.90. The van der Waals surface area contributed by atoms with Gasteiger partial charge in [-0.25, -0.2) is 4.98 Å². The van der Waals surface area contributed by atoms with Gasteiger partial charge in [0.25, 0.3) is 0 Å². The van der Waals surface area contributed by atoms with Crippen molar-refractivity contribution in [2.24, 2.45) is 0 Å². The van der Waals surface area contributed by atoms with E-state index in [4.69, 9.17) is 14.3 Å². The summed E-state index contributed by atoms with van der Waals surface area (Å²) in [5.74, 6) is 0.132. The molecule has 1 saturated heterocycles. The van der Waals surface area contributed by atoms with Crippen LogP contribution in [0.3, 0.4) is 0 Å². The maximum Gasteiger partial charge on any atom is 0.311 e. The Hall–Kier alpha value is -1.36. The first-order valence-corrected chi connectivity index (χ1v) is 5.27. The van der Waals surface area contributed by atoms with Crippen molar-refractivity contribution in [3.63, 3.8) is 0 Å². The Kier molecular flexibility index (Phi) is 2.71. The molecule has 0 bridgehead atoms. The van der Waals surface area contributed by atoms with Crippen molar-refractivity contribution >= 4 is 5.97 Å². The number of carboxylic acid groups (broad SMARTS) is 1. The third-order valence-electron chi connectivity index (χ3n) is 2.94. The first-order valence-electron chi connectivity index (χ1n) is 5.27. The van der Waals surface area contributed by atoms with E-state index in [2.05, 4.69) is 4.98 Å². The number of carboxylic acids is 1. The van der Waals surface area contributed by atoms with E-state index in [-0.39, 0.29) is 11.8 Å². The van der Waals surface area contributed by atoms with Crippen LogP contribution in [0.15, 0.2) is 4.42 Å². The number of carbonyl (C=O) groups is 1. The standard InChI is InChI=1S/C11H15NO4/c1-7-8(5-9(13)14)16-10(12-7)11(2)3-4-15-6-11/h3-6H2,1-2H3,(H,13,14). The highest BCUT2D eigenvalue weighted by Gasteiger charge is 2.37. The highest BCUT2D eigenvalue weighted by molar-refractivity contribution is 5.69. The minimum atomic E-state index is -0.904. The summed E-state index contributed by atoms with van der Waals surface area (Å²) in [6, 6.07) is 0. The zero-order valence-electron chi connectivity index (χ0n) is 9.45. The number of ether oxygens (including phenoxy) is 1. The zero-order chi connectivity index (χ0) is 11.8. The first-order chi connectivity index (χ1) is 7.51. The molecular weight excluding hydrogens is 210 g/mol. The van der Waals surface area contributed by atoms with E-state index < -0.39 is 5.97 Å². The lowest BCUT2D eigenvalue weighted by Gasteiger charge is -2.16. The first kappa shape index (κ1) is 11.1. The monoisotopic (exact) mass is 225 g/mol. The number of aromatic nitrogens is 1. The van der Waals surface area contributed by atoms with Gasteiger partial charge < -0.3 is 14.3 Å². The van der Waals surface area contributed by atoms with Crippen LogP contribution in [0.5, 0.6) is 0 Å². The second-order valence-corrected chi connectivity index (χ2v) is 4.46. The number of nitrogens with zero attached hydrogens (tertiary/aromatic N) is 1. The molecule has 0 radical (unpaired) electrons. The molecule has 1 N–H and O–H groups in total. The molecule has 1 unspecified atom stereocenters. The highest BCUT2D eigenvalue weighted by atomic mass is 16.5. The Balaban J connectivity index is 2.26. The highest BCUT2D eigenvalue weighted by Crippen LogP contribution is 2.33. The average molecular weight is 225 g/mol. The molecular formula is C11H15NO4. The van der Waals surface area contributed by atoms with E-state index in [9.17, 15) is 4.79 Å². The van der Waals surface area contributed by atoms with Crippen LogP contribution in [0.4, 0.5) is 0 Å². The van der Waals surface area contributed by atoms with E-state index in [0.29, 0.717) is 30.6 Å². The molecule has 0 saturated carbocycles. The normalized spacial score (nSPS) is 24.9. The number of hydrogen-bond donors (Lipinski definition) is 1. The summed E-state index contributed by atoms with van der Waals surface area (Å²) in [4.78, 5) is 14.9. The minimum Gasteiger partial charge on any atom is -0.481 e. The van der Waals surface area contributed by atoms with Gasteiger partial charge in [-0.05, 0) is 20.3 Å². The molecule has 0 spiro atoms. The van der Waals surface area contributed by atoms with Crippen LogP contribution in [-0.2, 0) is 21.4 Å². The number of oxazole rings is 1. The number of aryl methyl sites for hydroxylation is 1. The fourth-order valence-electron chi connectivity index (χ4n) is 1.82. The van der Waals surface area contributed by atoms with Crippen molar-refractivity contribution in [3.05, 3.63) is 17.3 Å². The summed E-state index contributed by atoms with van der Waals surface area (Å²) in [7, 11) is 0. The van der Waals surface area contributed by atoms with Crippen LogP contribution in [-0.4, -0.2) is 29.3 Å². The maximum atomic E-state index is 10.6. The smallest absolute Gasteiger partial charge is 0.311 e. The lowest BCUT2D eigenvalue weighted by molar-refractivity contribution is -0.136. The number of rotatable bonds is 3. The Bertz CT molecular complexity index is 404. The summed E-state index contributed by atoms with van der Waals surface area (Å²) >= 11 is 0. The fourth-order valence-corrected chi connectivity index (χ4v) is 1.82. The van der Waals surface area contributed by atoms with Gasteiger partial charge in [-0.2, -0.15) is 0 Å². The maximum absolute atomic E-state index is 10.6. The van der Waals surface area contributed by atoms with Crippen LogP contribution in [0.25, 0.3) is 0 Å². The third kappa shape index (κ3) is 1.95. The molecule has 1 fully saturated rings. The molecule has 2 heterocycles. The number of hydrogen-bond acceptors (Lipinski definition) is 4. The molecule has 2 rings (SSSR count). The van der Waals surface area contributed by atoms with Gasteiger partial charge in [0.1, 0.15) is 12.2 Å². The lowest BCUT2D eigenvalue weighted by Crippen LogP contribution is -2.22. The van der Waals surface area contributed by atoms with Crippen molar-refractivity contribution in [2.45, 2.75) is 32.1 Å². The molecule has 1 aliphatic rings. The van der Waals surface area contributed by atoms with Gasteiger partial charge in [0, 0.05) is 6.61 Å². The lowest BCUT2D eigenvalue weighted by atomic mass is 9.90. The van der Waals surface area contributed by atoms with E-state index in [1.807, 2.05) is 6.92 Å². The molecule has 16 heavy (non-hydrogen) atoms. The van der Waals surface area contributed by atoms with Gasteiger partial charge in [0.15, 0.2) is 0 Å². The van der Waals surface area contributed by atoms with Gasteiger partial charge in [0.2, 0.25) is 5.89 Å². The predicted octanol–water partition coefficient (Wildman–Crippen LogP) is 1.29. The molecule has 5 nitrogen and oxygen atoms in total. The van der Waals surface area contributed by atoms with Crippen LogP contribution < -0.4 is 0 Å². The summed E-state index contributed by atoms with van der Waals surface area (Å²) in [6.45, 7) is 5.08. The van der Waals surface area contributed by atoms with Gasteiger partial charge >= 0.3 is 5.97 Å². The van der Waals surface area contributed by atoms with Crippen molar-refractivity contribution in [3.8, 4) is 0 Å². The van der Waals surface area contributed by atoms with Crippen molar-refractivity contribution in [1.82, 2.24) is 4.98 Å². The molecule has 88 valence electrons. The minimum absolute atomic E-state index is 0.115. The largest absolute Gasteiger partial charge is 0.481 e. The van der Waals surface area contributed by atoms with Crippen LogP contribution >= 0.6 is 0 Å². The van der Waals surface area contributed by atoms with Gasteiger partial charge in [-0.15, -0.1) is 0 Å². The van der Waals surface area contributed by atoms with Crippen LogP contribution in [0.2, 0.25) is 0 Å². The van der Waals surface area contributed by atoms with Crippen molar-refractivity contribution in [2.75, 3.05) is 13.2 Å². The van der Waals surface area contributed by atoms with E-state index >= 15 is 0 Å². The summed E-state index contributed by atoms with van der Waals surface area (Å²) < 4.78 is 10.9. The molecule has 1 aliphatic heterocycles. The molecule has 1 aromatic rings. The zero-order valence-corrected chi connectivity index (χ0v) is 9.45.